The van der Waals surface area contributed by atoms with Crippen molar-refractivity contribution in [3.05, 3.63) is 29.6 Å². The van der Waals surface area contributed by atoms with Crippen LogP contribution in [-0.2, 0) is 15.7 Å². The van der Waals surface area contributed by atoms with E-state index in [1.807, 2.05) is 0 Å². The zero-order valence-corrected chi connectivity index (χ0v) is 16.2. The van der Waals surface area contributed by atoms with Crippen LogP contribution in [0.4, 0.5) is 13.2 Å². The fourth-order valence-corrected chi connectivity index (χ4v) is 3.84. The van der Waals surface area contributed by atoms with E-state index in [2.05, 4.69) is 15.2 Å². The van der Waals surface area contributed by atoms with Gasteiger partial charge in [-0.3, -0.25) is 4.79 Å². The second-order valence-corrected chi connectivity index (χ2v) is 7.84. The molecule has 156 valence electrons. The molecule has 8 heteroatoms. The molecule has 1 aliphatic heterocycles. The van der Waals surface area contributed by atoms with Crippen molar-refractivity contribution in [2.45, 2.75) is 44.2 Å². The number of pyridine rings is 1. The van der Waals surface area contributed by atoms with Gasteiger partial charge in [-0.15, -0.1) is 0 Å². The molecule has 1 aromatic heterocycles. The number of nitrogens with one attached hydrogen (secondary N) is 1. The van der Waals surface area contributed by atoms with Crippen LogP contribution < -0.4 is 5.32 Å². The molecule has 3 rings (SSSR count). The number of likely N-dealkylation sites (tertiary alicyclic amines) is 1. The molecule has 1 aromatic rings. The number of aromatic nitrogens is 1. The minimum absolute atomic E-state index is 0.0527. The molecular weight excluding hydrogens is 371 g/mol. The van der Waals surface area contributed by atoms with Gasteiger partial charge in [-0.25, -0.2) is 4.98 Å². The molecule has 1 N–H and O–H groups in total. The predicted octanol–water partition coefficient (Wildman–Crippen LogP) is 3.21. The van der Waals surface area contributed by atoms with Gasteiger partial charge in [-0.05, 0) is 57.3 Å². The van der Waals surface area contributed by atoms with Crippen LogP contribution in [0.25, 0.3) is 0 Å². The van der Waals surface area contributed by atoms with Crippen LogP contribution in [-0.4, -0.2) is 55.7 Å². The third-order valence-corrected chi connectivity index (χ3v) is 5.90. The van der Waals surface area contributed by atoms with E-state index >= 15 is 0 Å². The highest BCUT2D eigenvalue weighted by Crippen LogP contribution is 2.48. The summed E-state index contributed by atoms with van der Waals surface area (Å²) in [4.78, 5) is 18.4. The molecule has 28 heavy (non-hydrogen) atoms. The largest absolute Gasteiger partial charge is 0.433 e. The summed E-state index contributed by atoms with van der Waals surface area (Å²) in [7, 11) is 1.65. The van der Waals surface area contributed by atoms with Crippen molar-refractivity contribution in [3.8, 4) is 0 Å². The van der Waals surface area contributed by atoms with E-state index in [1.54, 1.807) is 13.2 Å². The SMILES string of the molecule is COCCC1(C(=O)NCCN2CCC(c3cccc(C(F)(F)F)n3)CC2)CC1. The molecule has 1 saturated heterocycles. The number of methoxy groups -OCH3 is 1. The van der Waals surface area contributed by atoms with Crippen LogP contribution in [0.5, 0.6) is 0 Å². The third kappa shape index (κ3) is 5.23. The first-order valence-electron chi connectivity index (χ1n) is 9.88. The van der Waals surface area contributed by atoms with E-state index in [1.165, 1.54) is 6.07 Å². The first-order valence-corrected chi connectivity index (χ1v) is 9.88. The molecule has 1 amide bonds. The van der Waals surface area contributed by atoms with E-state index in [-0.39, 0.29) is 17.2 Å². The average Bonchev–Trinajstić information content (AvgIpc) is 3.47. The molecule has 0 atom stereocenters. The van der Waals surface area contributed by atoms with Crippen molar-refractivity contribution in [2.24, 2.45) is 5.41 Å². The van der Waals surface area contributed by atoms with Crippen molar-refractivity contribution in [1.29, 1.82) is 0 Å². The Morgan fingerprint density at radius 2 is 2.04 bits per heavy atom. The highest BCUT2D eigenvalue weighted by atomic mass is 19.4. The normalized spacial score (nSPS) is 20.1. The van der Waals surface area contributed by atoms with Crippen LogP contribution in [0.1, 0.15) is 49.4 Å². The summed E-state index contributed by atoms with van der Waals surface area (Å²) in [5.74, 6) is 0.171. The monoisotopic (exact) mass is 399 g/mol. The summed E-state index contributed by atoms with van der Waals surface area (Å²) in [5, 5.41) is 3.04. The number of hydrogen-bond donors (Lipinski definition) is 1. The molecule has 2 aliphatic rings. The van der Waals surface area contributed by atoms with Gasteiger partial charge in [0.25, 0.3) is 0 Å². The molecular formula is C20H28F3N3O2. The summed E-state index contributed by atoms with van der Waals surface area (Å²) in [6.45, 7) is 3.56. The van der Waals surface area contributed by atoms with Gasteiger partial charge >= 0.3 is 6.18 Å². The van der Waals surface area contributed by atoms with Crippen molar-refractivity contribution in [1.82, 2.24) is 15.2 Å². The summed E-state index contributed by atoms with van der Waals surface area (Å²) in [5.41, 5.74) is -0.521. The Bertz CT molecular complexity index is 669. The third-order valence-electron chi connectivity index (χ3n) is 5.90. The Labute approximate surface area is 163 Å². The highest BCUT2D eigenvalue weighted by molar-refractivity contribution is 5.85. The number of ether oxygens (including phenoxy) is 1. The summed E-state index contributed by atoms with van der Waals surface area (Å²) >= 11 is 0. The molecule has 2 heterocycles. The summed E-state index contributed by atoms with van der Waals surface area (Å²) in [6, 6.07) is 4.13. The fraction of sp³-hybridized carbons (Fsp3) is 0.700. The number of alkyl halides is 3. The molecule has 0 radical (unpaired) electrons. The number of halogens is 3. The van der Waals surface area contributed by atoms with Gasteiger partial charge in [0.1, 0.15) is 5.69 Å². The van der Waals surface area contributed by atoms with Crippen molar-refractivity contribution < 1.29 is 22.7 Å². The molecule has 0 aromatic carbocycles. The molecule has 1 saturated carbocycles. The Balaban J connectivity index is 1.41. The average molecular weight is 399 g/mol. The van der Waals surface area contributed by atoms with E-state index in [0.717, 1.165) is 57.8 Å². The first-order chi connectivity index (χ1) is 13.3. The molecule has 0 bridgehead atoms. The number of piperidine rings is 1. The second kappa shape index (κ2) is 8.78. The molecule has 1 aliphatic carbocycles. The topological polar surface area (TPSA) is 54.5 Å². The van der Waals surface area contributed by atoms with Gasteiger partial charge in [-0.1, -0.05) is 6.07 Å². The van der Waals surface area contributed by atoms with Crippen LogP contribution in [0.3, 0.4) is 0 Å². The van der Waals surface area contributed by atoms with Crippen molar-refractivity contribution in [3.63, 3.8) is 0 Å². The smallest absolute Gasteiger partial charge is 0.385 e. The number of hydrogen-bond acceptors (Lipinski definition) is 4. The number of amides is 1. The van der Waals surface area contributed by atoms with E-state index in [4.69, 9.17) is 4.74 Å². The van der Waals surface area contributed by atoms with Crippen LogP contribution in [0, 0.1) is 5.41 Å². The van der Waals surface area contributed by atoms with Gasteiger partial charge in [0.05, 0.1) is 5.41 Å². The Hall–Kier alpha value is -1.67. The quantitative estimate of drug-likeness (QED) is 0.729. The maximum absolute atomic E-state index is 12.8. The highest BCUT2D eigenvalue weighted by Gasteiger charge is 2.48. The standard InChI is InChI=1S/C20H28F3N3O2/c1-28-14-9-19(7-8-19)18(27)24-10-13-26-11-5-15(6-12-26)16-3-2-4-17(25-16)20(21,22)23/h2-4,15H,5-14H2,1H3,(H,24,27). The van der Waals surface area contributed by atoms with Gasteiger partial charge < -0.3 is 15.0 Å². The number of rotatable bonds is 8. The van der Waals surface area contributed by atoms with Crippen LogP contribution in [0.15, 0.2) is 18.2 Å². The van der Waals surface area contributed by atoms with E-state index in [0.29, 0.717) is 18.8 Å². The maximum atomic E-state index is 12.8. The van der Waals surface area contributed by atoms with Gasteiger partial charge in [0.2, 0.25) is 5.91 Å². The Morgan fingerprint density at radius 3 is 2.64 bits per heavy atom. The number of nitrogens with zero attached hydrogens (tertiary/aromatic N) is 2. The number of carbonyl (C=O) groups excluding carboxylic acids is 1. The zero-order chi connectivity index (χ0) is 20.2. The Morgan fingerprint density at radius 1 is 1.32 bits per heavy atom. The summed E-state index contributed by atoms with van der Waals surface area (Å²) < 4.78 is 43.6. The van der Waals surface area contributed by atoms with Crippen LogP contribution >= 0.6 is 0 Å². The Kier molecular flexibility index (Phi) is 6.60. The number of carbonyl (C=O) groups is 1. The minimum Gasteiger partial charge on any atom is -0.385 e. The zero-order valence-electron chi connectivity index (χ0n) is 16.2. The second-order valence-electron chi connectivity index (χ2n) is 7.84. The molecule has 5 nitrogen and oxygen atoms in total. The van der Waals surface area contributed by atoms with E-state index in [9.17, 15) is 18.0 Å². The molecule has 0 spiro atoms. The molecule has 0 unspecified atom stereocenters. The van der Waals surface area contributed by atoms with Gasteiger partial charge in [-0.2, -0.15) is 13.2 Å². The van der Waals surface area contributed by atoms with E-state index < -0.39 is 11.9 Å². The summed E-state index contributed by atoms with van der Waals surface area (Å²) in [6.07, 6.45) is -0.225. The lowest BCUT2D eigenvalue weighted by molar-refractivity contribution is -0.141. The lowest BCUT2D eigenvalue weighted by atomic mass is 9.93. The fourth-order valence-electron chi connectivity index (χ4n) is 3.84. The first kappa shape index (κ1) is 21.0. The predicted molar refractivity (Wildman–Crippen MR) is 98.8 cm³/mol. The van der Waals surface area contributed by atoms with Crippen molar-refractivity contribution >= 4 is 5.91 Å². The molecule has 2 fully saturated rings. The van der Waals surface area contributed by atoms with Gasteiger partial charge in [0.15, 0.2) is 0 Å². The lowest BCUT2D eigenvalue weighted by Gasteiger charge is -2.32. The van der Waals surface area contributed by atoms with Crippen LogP contribution in [0.2, 0.25) is 0 Å². The van der Waals surface area contributed by atoms with Gasteiger partial charge in [0, 0.05) is 38.4 Å². The maximum Gasteiger partial charge on any atom is 0.433 e. The minimum atomic E-state index is -4.41. The van der Waals surface area contributed by atoms with Crippen molar-refractivity contribution in [2.75, 3.05) is 39.9 Å². The lowest BCUT2D eigenvalue weighted by Crippen LogP contribution is -2.41.